The Balaban J connectivity index is 1.83. The number of pyridine rings is 1. The minimum atomic E-state index is -4.51. The third kappa shape index (κ3) is 4.11. The van der Waals surface area contributed by atoms with Gasteiger partial charge in [-0.15, -0.1) is 11.3 Å². The summed E-state index contributed by atoms with van der Waals surface area (Å²) in [5.41, 5.74) is -0.377. The summed E-state index contributed by atoms with van der Waals surface area (Å²) in [6.07, 6.45) is -2.56. The van der Waals surface area contributed by atoms with Crippen LogP contribution in [-0.4, -0.2) is 19.7 Å². The zero-order chi connectivity index (χ0) is 19.8. The Morgan fingerprint density at radius 1 is 1.26 bits per heavy atom. The number of halogens is 4. The monoisotopic (exact) mass is 415 g/mol. The van der Waals surface area contributed by atoms with Crippen molar-refractivity contribution in [2.45, 2.75) is 26.6 Å². The van der Waals surface area contributed by atoms with E-state index in [4.69, 9.17) is 11.6 Å². The molecule has 3 aromatic heterocycles. The molecular weight excluding hydrogens is 403 g/mol. The maximum absolute atomic E-state index is 12.6. The molecule has 0 amide bonds. The number of thiazole rings is 1. The van der Waals surface area contributed by atoms with Crippen LogP contribution in [0.5, 0.6) is 0 Å². The Morgan fingerprint density at radius 2 is 2.00 bits per heavy atom. The summed E-state index contributed by atoms with van der Waals surface area (Å²) in [7, 11) is 0. The fraction of sp³-hybridized carbons (Fsp3) is 0.250. The van der Waals surface area contributed by atoms with Crippen molar-refractivity contribution in [1.82, 2.24) is 19.7 Å². The maximum Gasteiger partial charge on any atom is 0.417 e. The lowest BCUT2D eigenvalue weighted by Crippen LogP contribution is -2.23. The molecule has 11 heteroatoms. The number of rotatable bonds is 4. The van der Waals surface area contributed by atoms with E-state index in [1.54, 1.807) is 0 Å². The molecule has 6 nitrogen and oxygen atoms in total. The number of hydrogen-bond donors (Lipinski definition) is 1. The van der Waals surface area contributed by atoms with Crippen molar-refractivity contribution >= 4 is 28.6 Å². The predicted octanol–water partition coefficient (Wildman–Crippen LogP) is 3.99. The average Bonchev–Trinajstić information content (AvgIpc) is 2.93. The van der Waals surface area contributed by atoms with E-state index in [0.717, 1.165) is 32.4 Å². The molecule has 0 aliphatic rings. The van der Waals surface area contributed by atoms with Gasteiger partial charge in [-0.05, 0) is 26.0 Å². The van der Waals surface area contributed by atoms with Crippen LogP contribution in [0.3, 0.4) is 0 Å². The van der Waals surface area contributed by atoms with Gasteiger partial charge < -0.3 is 5.32 Å². The summed E-state index contributed by atoms with van der Waals surface area (Å²) >= 11 is 7.62. The van der Waals surface area contributed by atoms with Crippen molar-refractivity contribution < 1.29 is 13.2 Å². The number of aromatic nitrogens is 4. The highest BCUT2D eigenvalue weighted by Gasteiger charge is 2.30. The molecule has 0 aromatic carbocycles. The summed E-state index contributed by atoms with van der Waals surface area (Å²) in [6.45, 7) is 4.23. The van der Waals surface area contributed by atoms with Gasteiger partial charge in [0.25, 0.3) is 5.56 Å². The van der Waals surface area contributed by atoms with Gasteiger partial charge in [0.05, 0.1) is 29.7 Å². The quantitative estimate of drug-likeness (QED) is 0.697. The van der Waals surface area contributed by atoms with Crippen LogP contribution in [-0.2, 0) is 12.7 Å². The number of aryl methyl sites for hydroxylation is 2. The van der Waals surface area contributed by atoms with Gasteiger partial charge in [0.2, 0.25) is 0 Å². The molecule has 0 spiro atoms. The molecule has 0 fully saturated rings. The minimum absolute atomic E-state index is 0.0624. The van der Waals surface area contributed by atoms with Crippen molar-refractivity contribution in [2.24, 2.45) is 0 Å². The molecular formula is C16H13ClF3N5OS. The standard InChI is InChI=1S/C16H13ClF3N5OS/c1-8-9(2)27-13(24-8)7-21-11-6-23-25(15(26)14(11)17)12-4-3-10(5-22-12)16(18,19)20/h3-6,21H,7H2,1-2H3. The summed E-state index contributed by atoms with van der Waals surface area (Å²) in [6, 6.07) is 1.88. The lowest BCUT2D eigenvalue weighted by atomic mass is 10.3. The average molecular weight is 416 g/mol. The normalized spacial score (nSPS) is 11.6. The highest BCUT2D eigenvalue weighted by molar-refractivity contribution is 7.11. The fourth-order valence-corrected chi connectivity index (χ4v) is 3.25. The zero-order valence-corrected chi connectivity index (χ0v) is 15.7. The number of anilines is 1. The predicted molar refractivity (Wildman–Crippen MR) is 96.6 cm³/mol. The summed E-state index contributed by atoms with van der Waals surface area (Å²) in [5, 5.41) is 7.61. The second-order valence-corrected chi connectivity index (χ2v) is 7.26. The Bertz CT molecular complexity index is 1010. The number of nitrogens with zero attached hydrogens (tertiary/aromatic N) is 4. The van der Waals surface area contributed by atoms with Gasteiger partial charge in [0.1, 0.15) is 10.0 Å². The largest absolute Gasteiger partial charge is 0.417 e. The van der Waals surface area contributed by atoms with Gasteiger partial charge in [-0.1, -0.05) is 11.6 Å². The van der Waals surface area contributed by atoms with Gasteiger partial charge in [-0.25, -0.2) is 9.97 Å². The van der Waals surface area contributed by atoms with E-state index in [1.165, 1.54) is 17.5 Å². The molecule has 3 rings (SSSR count). The topological polar surface area (TPSA) is 72.7 Å². The molecule has 0 aliphatic heterocycles. The first-order valence-electron chi connectivity index (χ1n) is 7.65. The number of alkyl halides is 3. The molecule has 0 saturated heterocycles. The first-order chi connectivity index (χ1) is 12.7. The first kappa shape index (κ1) is 19.3. The van der Waals surface area contributed by atoms with E-state index < -0.39 is 17.3 Å². The van der Waals surface area contributed by atoms with E-state index in [-0.39, 0.29) is 10.8 Å². The van der Waals surface area contributed by atoms with Gasteiger partial charge in [-0.3, -0.25) is 4.79 Å². The molecule has 3 aromatic rings. The van der Waals surface area contributed by atoms with Crippen molar-refractivity contribution in [3.8, 4) is 5.82 Å². The van der Waals surface area contributed by atoms with Crippen LogP contribution in [0.2, 0.25) is 5.02 Å². The van der Waals surface area contributed by atoms with Gasteiger partial charge in [0, 0.05) is 11.1 Å². The van der Waals surface area contributed by atoms with E-state index in [2.05, 4.69) is 20.4 Å². The van der Waals surface area contributed by atoms with Crippen molar-refractivity contribution in [3.05, 3.63) is 61.0 Å². The SMILES string of the molecule is Cc1nc(CNc2cnn(-c3ccc(C(F)(F)F)cn3)c(=O)c2Cl)sc1C. The summed E-state index contributed by atoms with van der Waals surface area (Å²) in [5.74, 6) is -0.0624. The fourth-order valence-electron chi connectivity index (χ4n) is 2.18. The van der Waals surface area contributed by atoms with Gasteiger partial charge >= 0.3 is 6.18 Å². The second-order valence-electron chi connectivity index (χ2n) is 5.59. The molecule has 0 saturated carbocycles. The van der Waals surface area contributed by atoms with Gasteiger partial charge in [0.15, 0.2) is 5.82 Å². The first-order valence-corrected chi connectivity index (χ1v) is 8.84. The summed E-state index contributed by atoms with van der Waals surface area (Å²) < 4.78 is 38.7. The maximum atomic E-state index is 12.6. The van der Waals surface area contributed by atoms with Crippen LogP contribution in [0.25, 0.3) is 5.82 Å². The van der Waals surface area contributed by atoms with Gasteiger partial charge in [-0.2, -0.15) is 23.0 Å². The molecule has 3 heterocycles. The molecule has 0 atom stereocenters. The van der Waals surface area contributed by atoms with Crippen molar-refractivity contribution in [2.75, 3.05) is 5.32 Å². The smallest absolute Gasteiger partial charge is 0.376 e. The molecule has 27 heavy (non-hydrogen) atoms. The molecule has 0 radical (unpaired) electrons. The van der Waals surface area contributed by atoms with E-state index in [0.29, 0.717) is 18.4 Å². The Hall–Kier alpha value is -2.46. The third-order valence-corrected chi connectivity index (χ3v) is 5.15. The second kappa shape index (κ2) is 7.28. The van der Waals surface area contributed by atoms with Crippen LogP contribution in [0.4, 0.5) is 18.9 Å². The Kier molecular flexibility index (Phi) is 5.20. The molecule has 0 unspecified atom stereocenters. The third-order valence-electron chi connectivity index (χ3n) is 3.71. The number of hydrogen-bond acceptors (Lipinski definition) is 6. The zero-order valence-electron chi connectivity index (χ0n) is 14.1. The lowest BCUT2D eigenvalue weighted by molar-refractivity contribution is -0.137. The molecule has 0 aliphatic carbocycles. The molecule has 0 bridgehead atoms. The van der Waals surface area contributed by atoms with Crippen LogP contribution >= 0.6 is 22.9 Å². The lowest BCUT2D eigenvalue weighted by Gasteiger charge is -2.10. The molecule has 142 valence electrons. The van der Waals surface area contributed by atoms with Crippen LogP contribution in [0, 0.1) is 13.8 Å². The van der Waals surface area contributed by atoms with Crippen LogP contribution in [0.1, 0.15) is 21.1 Å². The summed E-state index contributed by atoms with van der Waals surface area (Å²) in [4.78, 5) is 21.5. The van der Waals surface area contributed by atoms with Crippen molar-refractivity contribution in [1.29, 1.82) is 0 Å². The Morgan fingerprint density at radius 3 is 2.56 bits per heavy atom. The van der Waals surface area contributed by atoms with E-state index in [1.807, 2.05) is 13.8 Å². The van der Waals surface area contributed by atoms with Crippen molar-refractivity contribution in [3.63, 3.8) is 0 Å². The van der Waals surface area contributed by atoms with Crippen LogP contribution in [0.15, 0.2) is 29.3 Å². The highest BCUT2D eigenvalue weighted by Crippen LogP contribution is 2.28. The molecule has 1 N–H and O–H groups in total. The van der Waals surface area contributed by atoms with Crippen LogP contribution < -0.4 is 10.9 Å². The number of nitrogens with one attached hydrogen (secondary N) is 1. The van der Waals surface area contributed by atoms with E-state index in [9.17, 15) is 18.0 Å². The Labute approximate surface area is 160 Å². The van der Waals surface area contributed by atoms with E-state index >= 15 is 0 Å². The highest BCUT2D eigenvalue weighted by atomic mass is 35.5. The minimum Gasteiger partial charge on any atom is -0.376 e.